The molecule has 0 saturated heterocycles. The molecule has 0 fully saturated rings. The van der Waals surface area contributed by atoms with Gasteiger partial charge in [-0.3, -0.25) is 4.79 Å². The first-order chi connectivity index (χ1) is 11.5. The third-order valence-electron chi connectivity index (χ3n) is 3.15. The second-order valence-corrected chi connectivity index (χ2v) is 5.64. The average molecular weight is 395 g/mol. The van der Waals surface area contributed by atoms with Gasteiger partial charge in [-0.15, -0.1) is 0 Å². The molecule has 2 aromatic rings. The fourth-order valence-corrected chi connectivity index (χ4v) is 2.27. The molecule has 0 spiro atoms. The van der Waals surface area contributed by atoms with Crippen molar-refractivity contribution < 1.29 is 19.4 Å². The van der Waals surface area contributed by atoms with Crippen LogP contribution < -0.4 is 9.47 Å². The standard InChI is InChI=1S/C17H17BrO4.C2H6/c1-3-17(20)22-16-6-4-5-14(18)13(16)10-21-12-8-7-11(2)15(19)9-12;1-2/h4-9,19H,3,10H2,1-2H3;1-2H3. The molecule has 24 heavy (non-hydrogen) atoms. The molecule has 0 aliphatic heterocycles. The van der Waals surface area contributed by atoms with Gasteiger partial charge in [-0.2, -0.15) is 0 Å². The van der Waals surface area contributed by atoms with Crippen molar-refractivity contribution >= 4 is 21.9 Å². The molecule has 1 N–H and O–H groups in total. The van der Waals surface area contributed by atoms with Crippen molar-refractivity contribution in [1.82, 2.24) is 0 Å². The van der Waals surface area contributed by atoms with Crippen LogP contribution in [0.15, 0.2) is 40.9 Å². The summed E-state index contributed by atoms with van der Waals surface area (Å²) in [6, 6.07) is 10.5. The van der Waals surface area contributed by atoms with E-state index in [4.69, 9.17) is 9.47 Å². The number of rotatable bonds is 5. The first kappa shape index (κ1) is 20.0. The number of benzene rings is 2. The SMILES string of the molecule is CC.CCC(=O)Oc1cccc(Br)c1COc1ccc(C)c(O)c1. The highest BCUT2D eigenvalue weighted by atomic mass is 79.9. The summed E-state index contributed by atoms with van der Waals surface area (Å²) in [4.78, 5) is 11.5. The number of esters is 1. The lowest BCUT2D eigenvalue weighted by Crippen LogP contribution is -2.09. The van der Waals surface area contributed by atoms with Crippen LogP contribution in [0.25, 0.3) is 0 Å². The van der Waals surface area contributed by atoms with Gasteiger partial charge in [-0.1, -0.05) is 48.8 Å². The average Bonchev–Trinajstić information content (AvgIpc) is 2.59. The monoisotopic (exact) mass is 394 g/mol. The number of carbonyl (C=O) groups is 1. The van der Waals surface area contributed by atoms with Crippen LogP contribution in [-0.2, 0) is 11.4 Å². The minimum absolute atomic E-state index is 0.183. The first-order valence-corrected chi connectivity index (χ1v) is 8.71. The largest absolute Gasteiger partial charge is 0.508 e. The van der Waals surface area contributed by atoms with Crippen molar-refractivity contribution in [3.05, 3.63) is 52.0 Å². The van der Waals surface area contributed by atoms with E-state index in [9.17, 15) is 9.90 Å². The maximum Gasteiger partial charge on any atom is 0.310 e. The lowest BCUT2D eigenvalue weighted by molar-refractivity contribution is -0.134. The molecular formula is C19H23BrO4. The van der Waals surface area contributed by atoms with Crippen LogP contribution in [0.1, 0.15) is 38.3 Å². The van der Waals surface area contributed by atoms with Crippen molar-refractivity contribution in [3.63, 3.8) is 0 Å². The van der Waals surface area contributed by atoms with E-state index in [2.05, 4.69) is 15.9 Å². The summed E-state index contributed by atoms with van der Waals surface area (Å²) >= 11 is 3.44. The van der Waals surface area contributed by atoms with Crippen LogP contribution in [0.3, 0.4) is 0 Å². The molecule has 0 aliphatic carbocycles. The zero-order valence-electron chi connectivity index (χ0n) is 14.4. The molecule has 2 rings (SSSR count). The van der Waals surface area contributed by atoms with E-state index in [-0.39, 0.29) is 18.3 Å². The lowest BCUT2D eigenvalue weighted by atomic mass is 10.2. The number of ether oxygens (including phenoxy) is 2. The third-order valence-corrected chi connectivity index (χ3v) is 3.90. The van der Waals surface area contributed by atoms with E-state index in [0.717, 1.165) is 15.6 Å². The summed E-state index contributed by atoms with van der Waals surface area (Å²) in [5.74, 6) is 0.902. The van der Waals surface area contributed by atoms with E-state index in [1.54, 1.807) is 37.3 Å². The fraction of sp³-hybridized carbons (Fsp3) is 0.316. The normalized spacial score (nSPS) is 9.71. The van der Waals surface area contributed by atoms with E-state index in [1.807, 2.05) is 26.8 Å². The molecule has 0 aliphatic rings. The first-order valence-electron chi connectivity index (χ1n) is 7.91. The Kier molecular flexibility index (Phi) is 8.33. The Bertz CT molecular complexity index is 683. The number of carbonyl (C=O) groups excluding carboxylic acids is 1. The molecule has 0 heterocycles. The topological polar surface area (TPSA) is 55.8 Å². The van der Waals surface area contributed by atoms with Crippen LogP contribution in [0, 0.1) is 6.92 Å². The molecule has 0 saturated carbocycles. The zero-order chi connectivity index (χ0) is 18.1. The molecule has 0 atom stereocenters. The number of phenols is 1. The Hall–Kier alpha value is -2.01. The second-order valence-electron chi connectivity index (χ2n) is 4.78. The van der Waals surface area contributed by atoms with E-state index >= 15 is 0 Å². The minimum Gasteiger partial charge on any atom is -0.508 e. The Morgan fingerprint density at radius 3 is 2.54 bits per heavy atom. The molecule has 5 heteroatoms. The zero-order valence-corrected chi connectivity index (χ0v) is 16.0. The van der Waals surface area contributed by atoms with Gasteiger partial charge in [-0.25, -0.2) is 0 Å². The lowest BCUT2D eigenvalue weighted by Gasteiger charge is -2.13. The highest BCUT2D eigenvalue weighted by molar-refractivity contribution is 9.10. The second kappa shape index (κ2) is 9.98. The highest BCUT2D eigenvalue weighted by Gasteiger charge is 2.12. The van der Waals surface area contributed by atoms with Crippen molar-refractivity contribution in [2.45, 2.75) is 40.7 Å². The molecule has 0 aromatic heterocycles. The number of hydrogen-bond donors (Lipinski definition) is 1. The van der Waals surface area contributed by atoms with Gasteiger partial charge in [0.05, 0.1) is 0 Å². The summed E-state index contributed by atoms with van der Waals surface area (Å²) in [7, 11) is 0. The Morgan fingerprint density at radius 2 is 1.92 bits per heavy atom. The van der Waals surface area contributed by atoms with Crippen LogP contribution in [0.2, 0.25) is 0 Å². The summed E-state index contributed by atoms with van der Waals surface area (Å²) in [5.41, 5.74) is 1.52. The van der Waals surface area contributed by atoms with Crippen molar-refractivity contribution in [3.8, 4) is 17.2 Å². The maximum absolute atomic E-state index is 11.5. The highest BCUT2D eigenvalue weighted by Crippen LogP contribution is 2.30. The number of aromatic hydroxyl groups is 1. The van der Waals surface area contributed by atoms with Crippen molar-refractivity contribution in [1.29, 1.82) is 0 Å². The Balaban J connectivity index is 0.00000139. The van der Waals surface area contributed by atoms with Gasteiger partial charge < -0.3 is 14.6 Å². The molecular weight excluding hydrogens is 372 g/mol. The number of phenolic OH excluding ortho intramolecular Hbond substituents is 1. The molecule has 0 unspecified atom stereocenters. The number of hydrogen-bond acceptors (Lipinski definition) is 4. The quantitative estimate of drug-likeness (QED) is 0.545. The van der Waals surface area contributed by atoms with Crippen LogP contribution >= 0.6 is 15.9 Å². The Labute approximate surface area is 151 Å². The van der Waals surface area contributed by atoms with Gasteiger partial charge >= 0.3 is 5.97 Å². The third kappa shape index (κ3) is 5.57. The van der Waals surface area contributed by atoms with Crippen LogP contribution in [0.4, 0.5) is 0 Å². The predicted octanol–water partition coefficient (Wildman–Crippen LogP) is 5.38. The molecule has 4 nitrogen and oxygen atoms in total. The van der Waals surface area contributed by atoms with Gasteiger partial charge in [0.15, 0.2) is 0 Å². The molecule has 130 valence electrons. The molecule has 0 bridgehead atoms. The number of aryl methyl sites for hydroxylation is 1. The summed E-state index contributed by atoms with van der Waals surface area (Å²) in [6.45, 7) is 7.77. The maximum atomic E-state index is 11.5. The predicted molar refractivity (Wildman–Crippen MR) is 98.6 cm³/mol. The van der Waals surface area contributed by atoms with E-state index in [0.29, 0.717) is 17.9 Å². The van der Waals surface area contributed by atoms with Crippen molar-refractivity contribution in [2.24, 2.45) is 0 Å². The van der Waals surface area contributed by atoms with Gasteiger partial charge in [0.2, 0.25) is 0 Å². The molecule has 0 amide bonds. The van der Waals surface area contributed by atoms with Crippen LogP contribution in [-0.4, -0.2) is 11.1 Å². The van der Waals surface area contributed by atoms with Crippen molar-refractivity contribution in [2.75, 3.05) is 0 Å². The van der Waals surface area contributed by atoms with Gasteiger partial charge in [0.25, 0.3) is 0 Å². The van der Waals surface area contributed by atoms with Crippen LogP contribution in [0.5, 0.6) is 17.2 Å². The van der Waals surface area contributed by atoms with Gasteiger partial charge in [-0.05, 0) is 30.7 Å². The Morgan fingerprint density at radius 1 is 1.21 bits per heavy atom. The van der Waals surface area contributed by atoms with Gasteiger partial charge in [0, 0.05) is 22.5 Å². The summed E-state index contributed by atoms with van der Waals surface area (Å²) in [5, 5.41) is 9.70. The summed E-state index contributed by atoms with van der Waals surface area (Å²) < 4.78 is 11.8. The van der Waals surface area contributed by atoms with E-state index in [1.165, 1.54) is 0 Å². The minimum atomic E-state index is -0.299. The van der Waals surface area contributed by atoms with E-state index < -0.39 is 0 Å². The summed E-state index contributed by atoms with van der Waals surface area (Å²) in [6.07, 6.45) is 0.304. The fourth-order valence-electron chi connectivity index (χ4n) is 1.80. The molecule has 0 radical (unpaired) electrons. The molecule has 2 aromatic carbocycles. The number of halogens is 1. The smallest absolute Gasteiger partial charge is 0.310 e. The van der Waals surface area contributed by atoms with Gasteiger partial charge in [0.1, 0.15) is 23.9 Å².